The lowest BCUT2D eigenvalue weighted by Gasteiger charge is -2.22. The molecule has 0 saturated carbocycles. The summed E-state index contributed by atoms with van der Waals surface area (Å²) in [5.41, 5.74) is 1.99. The fraction of sp³-hybridized carbons (Fsp3) is 0.200. The number of nitrogens with zero attached hydrogens (tertiary/aromatic N) is 1. The van der Waals surface area contributed by atoms with Crippen molar-refractivity contribution in [3.05, 3.63) is 70.5 Å². The number of hydrogen-bond donors (Lipinski definition) is 2. The molecule has 2 amide bonds. The van der Waals surface area contributed by atoms with Gasteiger partial charge < -0.3 is 19.9 Å². The van der Waals surface area contributed by atoms with Crippen LogP contribution >= 0.6 is 0 Å². The number of carbonyl (C=O) groups is 1. The van der Waals surface area contributed by atoms with Crippen molar-refractivity contribution in [1.82, 2.24) is 9.88 Å². The maximum Gasteiger partial charge on any atom is 0.322 e. The van der Waals surface area contributed by atoms with Crippen molar-refractivity contribution in [1.29, 1.82) is 0 Å². The number of amides is 2. The minimum Gasteiger partial charge on any atom is -0.495 e. The molecule has 134 valence electrons. The number of pyridine rings is 1. The summed E-state index contributed by atoms with van der Waals surface area (Å²) in [5.74, 6) is 0.596. The topological polar surface area (TPSA) is 74.4 Å². The van der Waals surface area contributed by atoms with Crippen LogP contribution in [0.4, 0.5) is 10.5 Å². The lowest BCUT2D eigenvalue weighted by molar-refractivity contribution is 0.212. The van der Waals surface area contributed by atoms with Crippen LogP contribution in [0.1, 0.15) is 12.5 Å². The van der Waals surface area contributed by atoms with Crippen molar-refractivity contribution in [3.63, 3.8) is 0 Å². The Morgan fingerprint density at radius 1 is 1.15 bits per heavy atom. The van der Waals surface area contributed by atoms with Gasteiger partial charge >= 0.3 is 6.03 Å². The number of aromatic nitrogens is 1. The van der Waals surface area contributed by atoms with E-state index in [0.29, 0.717) is 24.5 Å². The molecule has 0 aliphatic carbocycles. The minimum atomic E-state index is -0.249. The molecule has 2 N–H and O–H groups in total. The van der Waals surface area contributed by atoms with Gasteiger partial charge in [-0.15, -0.1) is 0 Å². The van der Waals surface area contributed by atoms with Gasteiger partial charge in [0.1, 0.15) is 5.75 Å². The van der Waals surface area contributed by atoms with Gasteiger partial charge in [-0.1, -0.05) is 30.3 Å². The van der Waals surface area contributed by atoms with Gasteiger partial charge in [0.2, 0.25) is 5.56 Å². The molecule has 0 fully saturated rings. The molecule has 0 bridgehead atoms. The number of nitrogens with one attached hydrogen (secondary N) is 2. The number of methoxy groups -OCH3 is 1. The molecule has 0 aliphatic rings. The molecular formula is C20H21N3O3. The van der Waals surface area contributed by atoms with E-state index in [1.165, 1.54) is 0 Å². The van der Waals surface area contributed by atoms with Crippen LogP contribution in [0.3, 0.4) is 0 Å². The second-order valence-electron chi connectivity index (χ2n) is 5.85. The molecule has 6 heteroatoms. The monoisotopic (exact) mass is 351 g/mol. The summed E-state index contributed by atoms with van der Waals surface area (Å²) in [6, 6.07) is 16.1. The molecule has 0 saturated heterocycles. The predicted molar refractivity (Wildman–Crippen MR) is 103 cm³/mol. The van der Waals surface area contributed by atoms with Crippen LogP contribution in [0, 0.1) is 0 Å². The molecule has 1 aromatic heterocycles. The zero-order valence-corrected chi connectivity index (χ0v) is 14.8. The van der Waals surface area contributed by atoms with Crippen LogP contribution in [0.2, 0.25) is 0 Å². The minimum absolute atomic E-state index is 0.181. The highest BCUT2D eigenvalue weighted by atomic mass is 16.5. The number of para-hydroxylation sites is 3. The van der Waals surface area contributed by atoms with E-state index in [1.54, 1.807) is 30.2 Å². The number of fused-ring (bicyclic) bond motifs is 1. The van der Waals surface area contributed by atoms with Crippen molar-refractivity contribution in [3.8, 4) is 5.75 Å². The summed E-state index contributed by atoms with van der Waals surface area (Å²) in [6.07, 6.45) is 0. The number of hydrogen-bond acceptors (Lipinski definition) is 3. The van der Waals surface area contributed by atoms with Crippen molar-refractivity contribution in [2.75, 3.05) is 19.0 Å². The van der Waals surface area contributed by atoms with E-state index < -0.39 is 0 Å². The van der Waals surface area contributed by atoms with E-state index in [-0.39, 0.29) is 11.6 Å². The molecule has 2 aromatic carbocycles. The van der Waals surface area contributed by atoms with Gasteiger partial charge in [0.15, 0.2) is 0 Å². The normalized spacial score (nSPS) is 10.5. The Morgan fingerprint density at radius 2 is 1.88 bits per heavy atom. The van der Waals surface area contributed by atoms with Gasteiger partial charge in [0.05, 0.1) is 12.8 Å². The highest BCUT2D eigenvalue weighted by molar-refractivity contribution is 5.91. The zero-order valence-electron chi connectivity index (χ0n) is 14.8. The van der Waals surface area contributed by atoms with Crippen molar-refractivity contribution in [2.24, 2.45) is 0 Å². The third kappa shape index (κ3) is 3.69. The maximum absolute atomic E-state index is 12.7. The van der Waals surface area contributed by atoms with Gasteiger partial charge in [-0.2, -0.15) is 0 Å². The first-order valence-electron chi connectivity index (χ1n) is 8.42. The Morgan fingerprint density at radius 3 is 2.65 bits per heavy atom. The molecule has 0 unspecified atom stereocenters. The van der Waals surface area contributed by atoms with Gasteiger partial charge in [-0.25, -0.2) is 4.79 Å². The van der Waals surface area contributed by atoms with Crippen LogP contribution < -0.4 is 15.6 Å². The number of rotatable bonds is 5. The van der Waals surface area contributed by atoms with Crippen molar-refractivity contribution >= 4 is 22.6 Å². The summed E-state index contributed by atoms with van der Waals surface area (Å²) < 4.78 is 5.27. The second-order valence-corrected chi connectivity index (χ2v) is 5.85. The fourth-order valence-corrected chi connectivity index (χ4v) is 2.88. The molecular weight excluding hydrogens is 330 g/mol. The third-order valence-electron chi connectivity index (χ3n) is 4.21. The highest BCUT2D eigenvalue weighted by Gasteiger charge is 2.16. The van der Waals surface area contributed by atoms with Crippen LogP contribution in [0.5, 0.6) is 5.75 Å². The maximum atomic E-state index is 12.7. The first kappa shape index (κ1) is 17.5. The van der Waals surface area contributed by atoms with Crippen LogP contribution in [-0.2, 0) is 6.54 Å². The Bertz CT molecular complexity index is 981. The summed E-state index contributed by atoms with van der Waals surface area (Å²) in [7, 11) is 1.56. The van der Waals surface area contributed by atoms with E-state index in [0.717, 1.165) is 16.5 Å². The largest absolute Gasteiger partial charge is 0.495 e. The Labute approximate surface area is 151 Å². The van der Waals surface area contributed by atoms with E-state index in [9.17, 15) is 9.59 Å². The number of H-pyrrole nitrogens is 1. The van der Waals surface area contributed by atoms with Crippen LogP contribution in [-0.4, -0.2) is 29.6 Å². The molecule has 6 nitrogen and oxygen atoms in total. The molecule has 0 aliphatic heterocycles. The van der Waals surface area contributed by atoms with Crippen LogP contribution in [0.15, 0.2) is 59.4 Å². The smallest absolute Gasteiger partial charge is 0.322 e. The van der Waals surface area contributed by atoms with Crippen molar-refractivity contribution < 1.29 is 9.53 Å². The number of benzene rings is 2. The van der Waals surface area contributed by atoms with E-state index in [4.69, 9.17) is 4.74 Å². The zero-order chi connectivity index (χ0) is 18.5. The molecule has 3 aromatic rings. The fourth-order valence-electron chi connectivity index (χ4n) is 2.88. The SMILES string of the molecule is CCN(Cc1cc(=O)[nH]c2ccccc12)C(=O)Nc1ccccc1OC. The number of urea groups is 1. The van der Waals surface area contributed by atoms with E-state index in [2.05, 4.69) is 10.3 Å². The van der Waals surface area contributed by atoms with E-state index in [1.807, 2.05) is 43.3 Å². The van der Waals surface area contributed by atoms with Gasteiger partial charge in [-0.3, -0.25) is 4.79 Å². The van der Waals surface area contributed by atoms with Gasteiger partial charge in [-0.05, 0) is 30.7 Å². The number of aromatic amines is 1. The highest BCUT2D eigenvalue weighted by Crippen LogP contribution is 2.24. The van der Waals surface area contributed by atoms with Crippen LogP contribution in [0.25, 0.3) is 10.9 Å². The Kier molecular flexibility index (Phi) is 5.22. The first-order valence-corrected chi connectivity index (χ1v) is 8.42. The Hall–Kier alpha value is -3.28. The second kappa shape index (κ2) is 7.74. The van der Waals surface area contributed by atoms with E-state index >= 15 is 0 Å². The lowest BCUT2D eigenvalue weighted by atomic mass is 10.1. The Balaban J connectivity index is 1.86. The lowest BCUT2D eigenvalue weighted by Crippen LogP contribution is -2.34. The van der Waals surface area contributed by atoms with Gasteiger partial charge in [0, 0.05) is 30.1 Å². The average molecular weight is 351 g/mol. The quantitative estimate of drug-likeness (QED) is 0.738. The third-order valence-corrected chi connectivity index (χ3v) is 4.21. The van der Waals surface area contributed by atoms with Gasteiger partial charge in [0.25, 0.3) is 0 Å². The summed E-state index contributed by atoms with van der Waals surface area (Å²) in [4.78, 5) is 29.1. The molecule has 26 heavy (non-hydrogen) atoms. The molecule has 0 radical (unpaired) electrons. The first-order chi connectivity index (χ1) is 12.6. The summed E-state index contributed by atoms with van der Waals surface area (Å²) in [6.45, 7) is 2.74. The molecule has 0 spiro atoms. The molecule has 3 rings (SSSR count). The average Bonchev–Trinajstić information content (AvgIpc) is 2.66. The molecule has 0 atom stereocenters. The number of anilines is 1. The summed E-state index contributed by atoms with van der Waals surface area (Å²) >= 11 is 0. The number of ether oxygens (including phenoxy) is 1. The van der Waals surface area contributed by atoms with Crippen molar-refractivity contribution in [2.45, 2.75) is 13.5 Å². The number of carbonyl (C=O) groups excluding carboxylic acids is 1. The standard InChI is InChI=1S/C20H21N3O3/c1-3-23(20(25)22-17-10-6-7-11-18(17)26-2)13-14-12-19(24)21-16-9-5-4-8-15(14)16/h4-12H,3,13H2,1-2H3,(H,21,24)(H,22,25). The summed E-state index contributed by atoms with van der Waals surface area (Å²) in [5, 5.41) is 3.80. The molecule has 1 heterocycles. The predicted octanol–water partition coefficient (Wildman–Crippen LogP) is 3.59.